The number of benzene rings is 1. The van der Waals surface area contributed by atoms with Crippen LogP contribution >= 0.6 is 24.0 Å². The summed E-state index contributed by atoms with van der Waals surface area (Å²) < 4.78 is 10.9. The van der Waals surface area contributed by atoms with Gasteiger partial charge in [-0.1, -0.05) is 41.6 Å². The number of aliphatic imine (C=N–C) groups is 1. The number of nitrogens with one attached hydrogen (secondary N) is 2. The number of pyridine rings is 1. The number of aromatic nitrogens is 3. The van der Waals surface area contributed by atoms with Gasteiger partial charge in [-0.15, -0.1) is 24.0 Å². The van der Waals surface area contributed by atoms with Crippen LogP contribution in [-0.4, -0.2) is 47.3 Å². The van der Waals surface area contributed by atoms with Crippen LogP contribution in [0.5, 0.6) is 0 Å². The van der Waals surface area contributed by atoms with Gasteiger partial charge in [-0.2, -0.15) is 4.98 Å². The molecule has 3 rings (SSSR count). The molecule has 0 radical (unpaired) electrons. The zero-order valence-electron chi connectivity index (χ0n) is 17.0. The predicted molar refractivity (Wildman–Crippen MR) is 127 cm³/mol. The molecular weight excluding hydrogens is 495 g/mol. The van der Waals surface area contributed by atoms with Crippen molar-refractivity contribution in [3.63, 3.8) is 0 Å². The number of hydrogen-bond acceptors (Lipinski definition) is 6. The first-order valence-corrected chi connectivity index (χ1v) is 9.73. The highest BCUT2D eigenvalue weighted by Crippen LogP contribution is 2.13. The van der Waals surface area contributed by atoms with Crippen molar-refractivity contribution in [2.24, 2.45) is 4.99 Å². The lowest BCUT2D eigenvalue weighted by Gasteiger charge is -2.10. The zero-order chi connectivity index (χ0) is 20.2. The van der Waals surface area contributed by atoms with Gasteiger partial charge in [0.1, 0.15) is 5.69 Å². The van der Waals surface area contributed by atoms with Crippen molar-refractivity contribution >= 4 is 29.9 Å². The summed E-state index contributed by atoms with van der Waals surface area (Å²) in [6.45, 7) is 5.18. The fourth-order valence-electron chi connectivity index (χ4n) is 2.57. The van der Waals surface area contributed by atoms with E-state index in [1.807, 2.05) is 55.5 Å². The van der Waals surface area contributed by atoms with Crippen LogP contribution in [0.3, 0.4) is 0 Å². The summed E-state index contributed by atoms with van der Waals surface area (Å²) in [6.07, 6.45) is 2.31. The molecule has 3 aromatic rings. The van der Waals surface area contributed by atoms with E-state index < -0.39 is 0 Å². The van der Waals surface area contributed by atoms with Crippen molar-refractivity contribution in [3.8, 4) is 11.6 Å². The van der Waals surface area contributed by atoms with Crippen LogP contribution in [-0.2, 0) is 17.8 Å². The molecule has 0 fully saturated rings. The fraction of sp³-hybridized carbons (Fsp3) is 0.333. The van der Waals surface area contributed by atoms with Gasteiger partial charge in [0, 0.05) is 25.7 Å². The molecule has 30 heavy (non-hydrogen) atoms. The highest BCUT2D eigenvalue weighted by molar-refractivity contribution is 14.0. The van der Waals surface area contributed by atoms with E-state index in [0.717, 1.165) is 18.1 Å². The van der Waals surface area contributed by atoms with E-state index in [2.05, 4.69) is 30.8 Å². The first-order chi connectivity index (χ1) is 14.3. The molecule has 1 aromatic carbocycles. The standard InChI is InChI=1S/C21H26N6O2.HI/c1-2-22-21(25-14-15-28-16-17-8-4-3-5-9-17)24-13-11-19-26-20(29-27-19)18-10-6-7-12-23-18;/h3-10,12H,2,11,13-16H2,1H3,(H2,22,24,25);1H. The Hall–Kier alpha value is -2.53. The number of ether oxygens (including phenoxy) is 1. The van der Waals surface area contributed by atoms with E-state index in [9.17, 15) is 0 Å². The maximum Gasteiger partial charge on any atom is 0.276 e. The van der Waals surface area contributed by atoms with Gasteiger partial charge in [-0.25, -0.2) is 0 Å². The van der Waals surface area contributed by atoms with Gasteiger partial charge >= 0.3 is 0 Å². The highest BCUT2D eigenvalue weighted by Gasteiger charge is 2.09. The average Bonchev–Trinajstić information content (AvgIpc) is 3.24. The molecule has 0 unspecified atom stereocenters. The zero-order valence-corrected chi connectivity index (χ0v) is 19.3. The lowest BCUT2D eigenvalue weighted by molar-refractivity contribution is 0.128. The lowest BCUT2D eigenvalue weighted by Crippen LogP contribution is -2.38. The van der Waals surface area contributed by atoms with Gasteiger partial charge < -0.3 is 19.9 Å². The van der Waals surface area contributed by atoms with Crippen LogP contribution in [0, 0.1) is 0 Å². The van der Waals surface area contributed by atoms with Crippen molar-refractivity contribution in [3.05, 3.63) is 66.1 Å². The van der Waals surface area contributed by atoms with Gasteiger partial charge in [0.25, 0.3) is 5.89 Å². The van der Waals surface area contributed by atoms with Crippen LogP contribution in [0.2, 0.25) is 0 Å². The lowest BCUT2D eigenvalue weighted by atomic mass is 10.2. The van der Waals surface area contributed by atoms with Crippen LogP contribution in [0.15, 0.2) is 64.2 Å². The second-order valence-electron chi connectivity index (χ2n) is 6.21. The van der Waals surface area contributed by atoms with Crippen LogP contribution in [0.25, 0.3) is 11.6 Å². The van der Waals surface area contributed by atoms with Crippen molar-refractivity contribution in [2.45, 2.75) is 20.0 Å². The Morgan fingerprint density at radius 3 is 2.70 bits per heavy atom. The fourth-order valence-corrected chi connectivity index (χ4v) is 2.57. The highest BCUT2D eigenvalue weighted by atomic mass is 127. The first-order valence-electron chi connectivity index (χ1n) is 9.73. The number of hydrogen-bond donors (Lipinski definition) is 2. The van der Waals surface area contributed by atoms with Gasteiger partial charge in [0.05, 0.1) is 19.8 Å². The Labute approximate surface area is 193 Å². The third-order valence-corrected chi connectivity index (χ3v) is 3.95. The van der Waals surface area contributed by atoms with Crippen molar-refractivity contribution in [1.29, 1.82) is 0 Å². The smallest absolute Gasteiger partial charge is 0.276 e. The summed E-state index contributed by atoms with van der Waals surface area (Å²) in [5.74, 6) is 1.79. The van der Waals surface area contributed by atoms with Gasteiger partial charge in [-0.3, -0.25) is 9.98 Å². The molecule has 2 N–H and O–H groups in total. The van der Waals surface area contributed by atoms with E-state index in [1.54, 1.807) is 6.20 Å². The monoisotopic (exact) mass is 522 g/mol. The van der Waals surface area contributed by atoms with Crippen molar-refractivity contribution < 1.29 is 9.26 Å². The molecule has 0 bridgehead atoms. The molecule has 0 atom stereocenters. The molecule has 2 aromatic heterocycles. The van der Waals surface area contributed by atoms with E-state index >= 15 is 0 Å². The SMILES string of the molecule is CCNC(=NCCOCc1ccccc1)NCCc1noc(-c2ccccn2)n1.I. The quantitative estimate of drug-likeness (QED) is 0.183. The van der Waals surface area contributed by atoms with E-state index in [1.165, 1.54) is 0 Å². The Bertz CT molecular complexity index is 873. The maximum absolute atomic E-state index is 5.67. The third-order valence-electron chi connectivity index (χ3n) is 3.95. The number of rotatable bonds is 10. The summed E-state index contributed by atoms with van der Waals surface area (Å²) in [4.78, 5) is 13.1. The Kier molecular flexibility index (Phi) is 10.8. The van der Waals surface area contributed by atoms with Gasteiger partial charge in [-0.05, 0) is 24.6 Å². The average molecular weight is 522 g/mol. The van der Waals surface area contributed by atoms with Crippen LogP contribution < -0.4 is 10.6 Å². The molecule has 9 heteroatoms. The summed E-state index contributed by atoms with van der Waals surface area (Å²) in [5.41, 5.74) is 1.83. The molecule has 0 spiro atoms. The molecule has 0 aliphatic rings. The predicted octanol–water partition coefficient (Wildman–Crippen LogP) is 3.06. The normalized spacial score (nSPS) is 11.0. The minimum absolute atomic E-state index is 0. The minimum Gasteiger partial charge on any atom is -0.375 e. The summed E-state index contributed by atoms with van der Waals surface area (Å²) in [7, 11) is 0. The van der Waals surface area contributed by atoms with E-state index in [-0.39, 0.29) is 24.0 Å². The summed E-state index contributed by atoms with van der Waals surface area (Å²) in [6, 6.07) is 15.7. The second kappa shape index (κ2) is 13.6. The molecule has 0 amide bonds. The molecule has 0 aliphatic heterocycles. The topological polar surface area (TPSA) is 97.5 Å². The minimum atomic E-state index is 0. The second-order valence-corrected chi connectivity index (χ2v) is 6.21. The third kappa shape index (κ3) is 8.07. The largest absolute Gasteiger partial charge is 0.375 e. The van der Waals surface area contributed by atoms with Crippen molar-refractivity contribution in [1.82, 2.24) is 25.8 Å². The molecule has 0 saturated heterocycles. The summed E-state index contributed by atoms with van der Waals surface area (Å²) in [5, 5.41) is 10.5. The Morgan fingerprint density at radius 2 is 1.93 bits per heavy atom. The van der Waals surface area contributed by atoms with Crippen LogP contribution in [0.4, 0.5) is 0 Å². The molecule has 0 saturated carbocycles. The van der Waals surface area contributed by atoms with E-state index in [4.69, 9.17) is 9.26 Å². The van der Waals surface area contributed by atoms with E-state index in [0.29, 0.717) is 50.1 Å². The van der Waals surface area contributed by atoms with Gasteiger partial charge in [0.15, 0.2) is 11.8 Å². The molecule has 0 aliphatic carbocycles. The molecular formula is C21H27IN6O2. The number of halogens is 1. The maximum atomic E-state index is 5.67. The summed E-state index contributed by atoms with van der Waals surface area (Å²) >= 11 is 0. The molecule has 2 heterocycles. The Balaban J connectivity index is 0.00000320. The Morgan fingerprint density at radius 1 is 1.10 bits per heavy atom. The van der Waals surface area contributed by atoms with Crippen LogP contribution in [0.1, 0.15) is 18.3 Å². The first kappa shape index (κ1) is 23.7. The number of guanidine groups is 1. The van der Waals surface area contributed by atoms with Gasteiger partial charge in [0.2, 0.25) is 0 Å². The molecule has 160 valence electrons. The number of nitrogens with zero attached hydrogens (tertiary/aromatic N) is 4. The van der Waals surface area contributed by atoms with Crippen molar-refractivity contribution in [2.75, 3.05) is 26.2 Å². The molecule has 8 nitrogen and oxygen atoms in total.